The van der Waals surface area contributed by atoms with Crippen LogP contribution in [0.2, 0.25) is 14.8 Å². The summed E-state index contributed by atoms with van der Waals surface area (Å²) in [4.78, 5) is 7.37. The Bertz CT molecular complexity index is 717. The van der Waals surface area contributed by atoms with Gasteiger partial charge in [0.1, 0.15) is 0 Å². The summed E-state index contributed by atoms with van der Waals surface area (Å²) >= 11 is -1.95. The molecule has 0 N–H and O–H groups in total. The van der Waals surface area contributed by atoms with Crippen molar-refractivity contribution in [2.75, 3.05) is 0 Å². The van der Waals surface area contributed by atoms with Crippen molar-refractivity contribution in [3.63, 3.8) is 0 Å². The molecule has 0 nitrogen and oxygen atoms in total. The second kappa shape index (κ2) is 10.6. The minimum absolute atomic E-state index is 0. The third-order valence-electron chi connectivity index (χ3n) is 3.56. The van der Waals surface area contributed by atoms with E-state index < -0.39 is 18.4 Å². The monoisotopic (exact) mass is 464 g/mol. The maximum Gasteiger partial charge on any atom is 2.00 e. The van der Waals surface area contributed by atoms with E-state index in [9.17, 15) is 0 Å². The van der Waals surface area contributed by atoms with E-state index >= 15 is 0 Å². The van der Waals surface area contributed by atoms with Crippen molar-refractivity contribution in [1.29, 1.82) is 0 Å². The van der Waals surface area contributed by atoms with E-state index in [0.29, 0.717) is 0 Å². The number of benzene rings is 1. The molecule has 0 aliphatic heterocycles. The fraction of sp³-hybridized carbons (Fsp3) is 0.182. The molecule has 0 spiro atoms. The van der Waals surface area contributed by atoms with Crippen molar-refractivity contribution < 1.29 is 17.1 Å². The predicted molar refractivity (Wildman–Crippen MR) is 104 cm³/mol. The van der Waals surface area contributed by atoms with E-state index in [2.05, 4.69) is 57.0 Å². The molecule has 24 heavy (non-hydrogen) atoms. The van der Waals surface area contributed by atoms with E-state index in [1.807, 2.05) is 48.5 Å². The van der Waals surface area contributed by atoms with Crippen molar-refractivity contribution in [1.82, 2.24) is 0 Å². The summed E-state index contributed by atoms with van der Waals surface area (Å²) in [6, 6.07) is 26.9. The third-order valence-corrected chi connectivity index (χ3v) is 9.56. The Labute approximate surface area is 161 Å². The van der Waals surface area contributed by atoms with Crippen LogP contribution in [0.1, 0.15) is 11.1 Å². The quantitative estimate of drug-likeness (QED) is 0.287. The normalized spacial score (nSPS) is 9.79. The minimum Gasteiger partial charge on any atom is -0.214 e. The predicted octanol–water partition coefficient (Wildman–Crippen LogP) is 4.95. The summed E-state index contributed by atoms with van der Waals surface area (Å²) in [6.07, 6.45) is 0.880. The van der Waals surface area contributed by atoms with Crippen LogP contribution in [0, 0.1) is 11.8 Å². The Balaban J connectivity index is 0.000000412. The molecule has 0 radical (unpaired) electrons. The van der Waals surface area contributed by atoms with Crippen molar-refractivity contribution in [3.05, 3.63) is 90.0 Å². The van der Waals surface area contributed by atoms with Gasteiger partial charge in [0, 0.05) is 0 Å². The van der Waals surface area contributed by atoms with E-state index in [4.69, 9.17) is 0 Å². The van der Waals surface area contributed by atoms with Gasteiger partial charge in [-0.15, -0.1) is 0 Å². The van der Waals surface area contributed by atoms with Crippen LogP contribution in [-0.4, -0.2) is 18.4 Å². The molecule has 3 aromatic carbocycles. The topological polar surface area (TPSA) is 0 Å². The van der Waals surface area contributed by atoms with E-state index in [1.165, 1.54) is 5.56 Å². The first kappa shape index (κ1) is 20.8. The molecule has 0 saturated carbocycles. The van der Waals surface area contributed by atoms with E-state index in [0.717, 1.165) is 12.0 Å². The average Bonchev–Trinajstić information content (AvgIpc) is 3.22. The molecule has 124 valence electrons. The van der Waals surface area contributed by atoms with Crippen molar-refractivity contribution in [2.45, 2.75) is 21.2 Å². The molecule has 3 rings (SSSR count). The zero-order valence-electron chi connectivity index (χ0n) is 14.6. The largest absolute Gasteiger partial charge is 2.00 e. The zero-order chi connectivity index (χ0) is 16.5. The van der Waals surface area contributed by atoms with Gasteiger partial charge in [0.25, 0.3) is 0 Å². The molecular formula is C22H24FeSn. The van der Waals surface area contributed by atoms with Crippen molar-refractivity contribution in [2.24, 2.45) is 0 Å². The summed E-state index contributed by atoms with van der Waals surface area (Å²) in [5, 5.41) is 0. The molecule has 0 heterocycles. The van der Waals surface area contributed by atoms with Gasteiger partial charge >= 0.3 is 132 Å². The first-order valence-electron chi connectivity index (χ1n) is 8.03. The number of rotatable bonds is 2. The molecule has 0 bridgehead atoms. The summed E-state index contributed by atoms with van der Waals surface area (Å²) in [5.41, 5.74) is 2.55. The second-order valence-corrected chi connectivity index (χ2v) is 20.9. The van der Waals surface area contributed by atoms with Gasteiger partial charge in [-0.05, 0) is 0 Å². The summed E-state index contributed by atoms with van der Waals surface area (Å²) in [5.74, 6) is 6.54. The molecule has 0 amide bonds. The van der Waals surface area contributed by atoms with Gasteiger partial charge < -0.3 is 0 Å². The molecule has 0 aliphatic rings. The van der Waals surface area contributed by atoms with Crippen LogP contribution in [0.3, 0.4) is 0 Å². The maximum atomic E-state index is 3.30. The number of hydrogen-bond acceptors (Lipinski definition) is 0. The van der Waals surface area contributed by atoms with Gasteiger partial charge in [-0.3, -0.25) is 0 Å². The van der Waals surface area contributed by atoms with Gasteiger partial charge in [-0.1, -0.05) is 0 Å². The maximum absolute atomic E-state index is 3.30. The van der Waals surface area contributed by atoms with Gasteiger partial charge in [-0.25, -0.2) is 12.1 Å². The Morgan fingerprint density at radius 3 is 2.12 bits per heavy atom. The summed E-state index contributed by atoms with van der Waals surface area (Å²) in [7, 11) is 0. The number of hydrogen-bond donors (Lipinski definition) is 0. The van der Waals surface area contributed by atoms with Crippen molar-refractivity contribution in [3.8, 4) is 11.8 Å². The Hall–Kier alpha value is -1.20. The Morgan fingerprint density at radius 2 is 1.58 bits per heavy atom. The molecule has 0 unspecified atom stereocenters. The Kier molecular flexibility index (Phi) is 9.22. The SMILES string of the molecule is [CH3][Sn]([CH3])([CH3])[c]1ccc[c-]1CC#Cc1ccccc1.[Fe+2].c1cc[cH-]c1. The molecule has 0 aliphatic carbocycles. The smallest absolute Gasteiger partial charge is 0.214 e. The van der Waals surface area contributed by atoms with Crippen molar-refractivity contribution >= 4 is 22.0 Å². The summed E-state index contributed by atoms with van der Waals surface area (Å²) in [6.45, 7) is 0. The van der Waals surface area contributed by atoms with Crippen LogP contribution in [0.25, 0.3) is 0 Å². The first-order valence-corrected chi connectivity index (χ1v) is 18.0. The molecule has 3 aromatic rings. The van der Waals surface area contributed by atoms with E-state index in [-0.39, 0.29) is 17.1 Å². The molecule has 0 saturated heterocycles. The standard InChI is InChI=1S/C14H10.C5H5.3CH3.Fe.Sn/c1-2-7-13(8-3-1)11-6-12-14-9-4-5-10-14;1-2-4-5-3-1;;;;;/h1-5,7-9H,12H2;1-5H;3*1H3;;/q2*-1;;;;+2;. The first-order chi connectivity index (χ1) is 11.1. The molecule has 0 atom stereocenters. The van der Waals surface area contributed by atoms with Crippen LogP contribution in [0.5, 0.6) is 0 Å². The van der Waals surface area contributed by atoms with Gasteiger partial charge in [0.15, 0.2) is 0 Å². The zero-order valence-corrected chi connectivity index (χ0v) is 18.5. The van der Waals surface area contributed by atoms with Gasteiger partial charge in [0.2, 0.25) is 0 Å². The van der Waals surface area contributed by atoms with Gasteiger partial charge in [-0.2, -0.15) is 18.2 Å². The minimum atomic E-state index is -1.95. The second-order valence-electron chi connectivity index (χ2n) is 6.52. The van der Waals surface area contributed by atoms with Crippen LogP contribution in [-0.2, 0) is 23.5 Å². The van der Waals surface area contributed by atoms with Crippen LogP contribution in [0.15, 0.2) is 78.9 Å². The Morgan fingerprint density at radius 1 is 0.917 bits per heavy atom. The molecule has 0 aromatic heterocycles. The van der Waals surface area contributed by atoms with Crippen LogP contribution in [0.4, 0.5) is 0 Å². The fourth-order valence-electron chi connectivity index (χ4n) is 2.43. The van der Waals surface area contributed by atoms with E-state index in [1.54, 1.807) is 3.58 Å². The molecule has 0 fully saturated rings. The molecule has 2 heteroatoms. The fourth-order valence-corrected chi connectivity index (χ4v) is 7.37. The van der Waals surface area contributed by atoms with Crippen LogP contribution < -0.4 is 3.58 Å². The average molecular weight is 463 g/mol. The third kappa shape index (κ3) is 7.14. The molecular weight excluding hydrogens is 439 g/mol. The van der Waals surface area contributed by atoms with Crippen LogP contribution >= 0.6 is 0 Å². The summed E-state index contributed by atoms with van der Waals surface area (Å²) < 4.78 is 1.62. The van der Waals surface area contributed by atoms with Gasteiger partial charge in [0.05, 0.1) is 0 Å².